The molecule has 2 heterocycles. The second-order valence-electron chi connectivity index (χ2n) is 6.08. The molecule has 0 N–H and O–H groups in total. The van der Waals surface area contributed by atoms with Gasteiger partial charge in [-0.3, -0.25) is 4.79 Å². The maximum Gasteiger partial charge on any atom is 0.204 e. The third-order valence-electron chi connectivity index (χ3n) is 4.32. The summed E-state index contributed by atoms with van der Waals surface area (Å²) in [5, 5.41) is 4.03. The maximum absolute atomic E-state index is 12.5. The molecule has 3 rings (SSSR count). The molecule has 0 saturated carbocycles. The molecule has 1 unspecified atom stereocenters. The summed E-state index contributed by atoms with van der Waals surface area (Å²) in [5.41, 5.74) is 1.57. The lowest BCUT2D eigenvalue weighted by Crippen LogP contribution is -2.29. The van der Waals surface area contributed by atoms with Crippen molar-refractivity contribution in [2.45, 2.75) is 19.8 Å². The Hall–Kier alpha value is -2.14. The van der Waals surface area contributed by atoms with Gasteiger partial charge in [-0.15, -0.1) is 0 Å². The maximum atomic E-state index is 12.5. The summed E-state index contributed by atoms with van der Waals surface area (Å²) in [4.78, 5) is 14.8. The number of benzene rings is 1. The predicted octanol–water partition coefficient (Wildman–Crippen LogP) is 3.26. The Morgan fingerprint density at radius 3 is 2.65 bits per heavy atom. The number of Topliss-reactive ketones (excluding diaryl/α,β-unsaturated/α-hetero) is 1. The van der Waals surface area contributed by atoms with Gasteiger partial charge in [0.05, 0.1) is 7.11 Å². The molecule has 0 aliphatic carbocycles. The zero-order valence-corrected chi connectivity index (χ0v) is 13.6. The normalized spacial score (nSPS) is 16.4. The van der Waals surface area contributed by atoms with Crippen LogP contribution in [0.3, 0.4) is 0 Å². The second kappa shape index (κ2) is 6.96. The lowest BCUT2D eigenvalue weighted by Gasteiger charge is -2.18. The second-order valence-corrected chi connectivity index (χ2v) is 6.08. The van der Waals surface area contributed by atoms with Crippen LogP contribution < -0.4 is 4.74 Å². The molecule has 0 spiro atoms. The summed E-state index contributed by atoms with van der Waals surface area (Å²) in [7, 11) is 1.63. The zero-order valence-electron chi connectivity index (χ0n) is 13.6. The number of carbonyl (C=O) groups excluding carboxylic acids is 1. The fourth-order valence-corrected chi connectivity index (χ4v) is 2.97. The van der Waals surface area contributed by atoms with Crippen molar-refractivity contribution < 1.29 is 14.1 Å². The third kappa shape index (κ3) is 3.62. The Morgan fingerprint density at radius 1 is 1.30 bits per heavy atom. The molecular formula is C18H22N2O3. The summed E-state index contributed by atoms with van der Waals surface area (Å²) >= 11 is 0. The van der Waals surface area contributed by atoms with Crippen LogP contribution in [0.5, 0.6) is 5.75 Å². The number of hydrogen-bond acceptors (Lipinski definition) is 5. The fourth-order valence-electron chi connectivity index (χ4n) is 2.97. The molecule has 2 aromatic rings. The first-order chi connectivity index (χ1) is 11.2. The van der Waals surface area contributed by atoms with E-state index in [-0.39, 0.29) is 11.7 Å². The van der Waals surface area contributed by atoms with E-state index in [4.69, 9.17) is 9.26 Å². The predicted molar refractivity (Wildman–Crippen MR) is 87.7 cm³/mol. The van der Waals surface area contributed by atoms with E-state index in [9.17, 15) is 4.79 Å². The van der Waals surface area contributed by atoms with Crippen LogP contribution in [0.15, 0.2) is 34.9 Å². The van der Waals surface area contributed by atoms with Crippen molar-refractivity contribution in [3.8, 4) is 17.0 Å². The first-order valence-corrected chi connectivity index (χ1v) is 8.05. The summed E-state index contributed by atoms with van der Waals surface area (Å²) in [6, 6.07) is 9.25. The van der Waals surface area contributed by atoms with Crippen molar-refractivity contribution in [3.05, 3.63) is 36.1 Å². The van der Waals surface area contributed by atoms with Gasteiger partial charge < -0.3 is 14.2 Å². The number of methoxy groups -OCH3 is 1. The van der Waals surface area contributed by atoms with Crippen molar-refractivity contribution in [1.29, 1.82) is 0 Å². The van der Waals surface area contributed by atoms with Gasteiger partial charge in [0.2, 0.25) is 11.5 Å². The van der Waals surface area contributed by atoms with E-state index in [1.165, 1.54) is 12.8 Å². The fraction of sp³-hybridized carbons (Fsp3) is 0.444. The molecule has 1 fully saturated rings. The van der Waals surface area contributed by atoms with Gasteiger partial charge in [0.1, 0.15) is 11.4 Å². The van der Waals surface area contributed by atoms with Gasteiger partial charge in [0, 0.05) is 24.1 Å². The molecule has 1 aliphatic rings. The minimum Gasteiger partial charge on any atom is -0.497 e. The summed E-state index contributed by atoms with van der Waals surface area (Å²) in [5.74, 6) is 1.06. The van der Waals surface area contributed by atoms with Crippen LogP contribution in [0.25, 0.3) is 11.3 Å². The van der Waals surface area contributed by atoms with Crippen LogP contribution in [0, 0.1) is 5.92 Å². The summed E-state index contributed by atoms with van der Waals surface area (Å²) < 4.78 is 10.4. The van der Waals surface area contributed by atoms with Crippen LogP contribution in [-0.4, -0.2) is 42.6 Å². The number of hydrogen-bond donors (Lipinski definition) is 0. The molecule has 5 heteroatoms. The molecule has 1 aromatic carbocycles. The lowest BCUT2D eigenvalue weighted by atomic mass is 10.0. The van der Waals surface area contributed by atoms with Crippen molar-refractivity contribution in [2.75, 3.05) is 26.7 Å². The smallest absolute Gasteiger partial charge is 0.204 e. The first kappa shape index (κ1) is 15.7. The van der Waals surface area contributed by atoms with E-state index >= 15 is 0 Å². The molecular weight excluding hydrogens is 292 g/mol. The average Bonchev–Trinajstić information content (AvgIpc) is 3.26. The number of ketones is 1. The van der Waals surface area contributed by atoms with Gasteiger partial charge in [-0.05, 0) is 50.2 Å². The third-order valence-corrected chi connectivity index (χ3v) is 4.32. The Bertz CT molecular complexity index is 657. The lowest BCUT2D eigenvalue weighted by molar-refractivity contribution is 0.0865. The highest BCUT2D eigenvalue weighted by Crippen LogP contribution is 2.23. The van der Waals surface area contributed by atoms with Crippen LogP contribution in [0.4, 0.5) is 0 Å². The Labute approximate surface area is 136 Å². The average molecular weight is 314 g/mol. The highest BCUT2D eigenvalue weighted by Gasteiger charge is 2.24. The van der Waals surface area contributed by atoms with Gasteiger partial charge in [-0.1, -0.05) is 12.1 Å². The molecule has 1 aliphatic heterocycles. The largest absolute Gasteiger partial charge is 0.497 e. The van der Waals surface area contributed by atoms with E-state index in [2.05, 4.69) is 10.1 Å². The van der Waals surface area contributed by atoms with Crippen molar-refractivity contribution in [3.63, 3.8) is 0 Å². The number of rotatable bonds is 6. The van der Waals surface area contributed by atoms with E-state index in [0.29, 0.717) is 11.5 Å². The molecule has 23 heavy (non-hydrogen) atoms. The Morgan fingerprint density at radius 2 is 2.00 bits per heavy atom. The zero-order chi connectivity index (χ0) is 16.2. The summed E-state index contributed by atoms with van der Waals surface area (Å²) in [6.07, 6.45) is 2.45. The van der Waals surface area contributed by atoms with E-state index < -0.39 is 0 Å². The van der Waals surface area contributed by atoms with Crippen molar-refractivity contribution in [2.24, 2.45) is 5.92 Å². The minimum absolute atomic E-state index is 0.0177. The van der Waals surface area contributed by atoms with Crippen molar-refractivity contribution in [1.82, 2.24) is 10.1 Å². The molecule has 0 amide bonds. The van der Waals surface area contributed by atoms with Gasteiger partial charge in [0.25, 0.3) is 0 Å². The topological polar surface area (TPSA) is 55.6 Å². The van der Waals surface area contributed by atoms with E-state index in [1.54, 1.807) is 13.2 Å². The first-order valence-electron chi connectivity index (χ1n) is 8.05. The Kier molecular flexibility index (Phi) is 4.76. The quantitative estimate of drug-likeness (QED) is 0.766. The van der Waals surface area contributed by atoms with E-state index in [1.807, 2.05) is 31.2 Å². The van der Waals surface area contributed by atoms with E-state index in [0.717, 1.165) is 30.9 Å². The molecule has 0 radical (unpaired) electrons. The molecule has 122 valence electrons. The monoisotopic (exact) mass is 314 g/mol. The highest BCUT2D eigenvalue weighted by atomic mass is 16.5. The van der Waals surface area contributed by atoms with Crippen LogP contribution >= 0.6 is 0 Å². The highest BCUT2D eigenvalue weighted by molar-refractivity contribution is 5.96. The molecule has 0 bridgehead atoms. The number of ether oxygens (including phenoxy) is 1. The number of aromatic nitrogens is 1. The number of likely N-dealkylation sites (tertiary alicyclic amines) is 1. The van der Waals surface area contributed by atoms with Crippen LogP contribution in [0.1, 0.15) is 30.3 Å². The number of carbonyl (C=O) groups is 1. The van der Waals surface area contributed by atoms with Crippen LogP contribution in [-0.2, 0) is 0 Å². The molecule has 1 atom stereocenters. The number of nitrogens with zero attached hydrogens (tertiary/aromatic N) is 2. The van der Waals surface area contributed by atoms with Gasteiger partial charge in [-0.2, -0.15) is 0 Å². The molecule has 1 aromatic heterocycles. The van der Waals surface area contributed by atoms with Gasteiger partial charge in [-0.25, -0.2) is 0 Å². The molecule has 1 saturated heterocycles. The molecule has 5 nitrogen and oxygen atoms in total. The SMILES string of the molecule is COc1ccc(-c2cc(C(=O)C(C)CN3CCCC3)on2)cc1. The van der Waals surface area contributed by atoms with Gasteiger partial charge in [0.15, 0.2) is 0 Å². The Balaban J connectivity index is 1.68. The van der Waals surface area contributed by atoms with Crippen molar-refractivity contribution >= 4 is 5.78 Å². The van der Waals surface area contributed by atoms with Crippen LogP contribution in [0.2, 0.25) is 0 Å². The van der Waals surface area contributed by atoms with Gasteiger partial charge >= 0.3 is 0 Å². The standard InChI is InChI=1S/C18H22N2O3/c1-13(12-20-9-3-4-10-20)18(21)17-11-16(19-23-17)14-5-7-15(22-2)8-6-14/h5-8,11,13H,3-4,9-10,12H2,1-2H3. The minimum atomic E-state index is -0.0789. The summed E-state index contributed by atoms with van der Waals surface area (Å²) in [6.45, 7) is 4.92.